The zero-order chi connectivity index (χ0) is 11.4. The number of ether oxygens (including phenoxy) is 1. The van der Waals surface area contributed by atoms with Crippen LogP contribution in [0.15, 0.2) is 29.3 Å². The van der Waals surface area contributed by atoms with Crippen molar-refractivity contribution in [3.8, 4) is 5.75 Å². The first-order valence-electron chi connectivity index (χ1n) is 4.27. The normalized spacial score (nSPS) is 9.80. The van der Waals surface area contributed by atoms with Crippen LogP contribution in [-0.2, 0) is 0 Å². The Morgan fingerprint density at radius 1 is 1.60 bits per heavy atom. The molecular weight excluding hydrogens is 263 g/mol. The van der Waals surface area contributed by atoms with E-state index in [0.29, 0.717) is 10.0 Å². The standard InChI is InChI=1S/C11H10BrFO2/c1-7(12)6-15-11-4-3-9(8(2)14)5-10(11)13/h3-5H,1,6H2,2H3. The molecule has 0 aliphatic carbocycles. The van der Waals surface area contributed by atoms with Crippen LogP contribution in [0.4, 0.5) is 4.39 Å². The van der Waals surface area contributed by atoms with Crippen molar-refractivity contribution in [2.24, 2.45) is 0 Å². The zero-order valence-corrected chi connectivity index (χ0v) is 9.80. The molecule has 0 aromatic heterocycles. The summed E-state index contributed by atoms with van der Waals surface area (Å²) in [5.41, 5.74) is 0.331. The highest BCUT2D eigenvalue weighted by Crippen LogP contribution is 2.19. The van der Waals surface area contributed by atoms with Gasteiger partial charge in [-0.15, -0.1) is 0 Å². The van der Waals surface area contributed by atoms with Crippen molar-refractivity contribution in [2.75, 3.05) is 6.61 Å². The number of carbonyl (C=O) groups is 1. The number of rotatable bonds is 4. The molecule has 0 amide bonds. The largest absolute Gasteiger partial charge is 0.485 e. The molecule has 1 rings (SSSR count). The molecule has 0 aliphatic heterocycles. The van der Waals surface area contributed by atoms with Crippen LogP contribution < -0.4 is 4.74 Å². The van der Waals surface area contributed by atoms with Crippen molar-refractivity contribution in [1.29, 1.82) is 0 Å². The molecule has 0 unspecified atom stereocenters. The molecule has 2 nitrogen and oxygen atoms in total. The van der Waals surface area contributed by atoms with Gasteiger partial charge in [-0.1, -0.05) is 22.5 Å². The lowest BCUT2D eigenvalue weighted by atomic mass is 10.1. The summed E-state index contributed by atoms with van der Waals surface area (Å²) in [7, 11) is 0. The van der Waals surface area contributed by atoms with E-state index >= 15 is 0 Å². The summed E-state index contributed by atoms with van der Waals surface area (Å²) in [5, 5.41) is 0. The van der Waals surface area contributed by atoms with E-state index in [1.165, 1.54) is 19.1 Å². The van der Waals surface area contributed by atoms with E-state index in [4.69, 9.17) is 4.74 Å². The van der Waals surface area contributed by atoms with Crippen LogP contribution >= 0.6 is 15.9 Å². The summed E-state index contributed by atoms with van der Waals surface area (Å²) in [6.45, 7) is 5.14. The Labute approximate surface area is 95.9 Å². The second-order valence-corrected chi connectivity index (χ2v) is 4.13. The number of ketones is 1. The predicted octanol–water partition coefficient (Wildman–Crippen LogP) is 3.32. The molecule has 0 bridgehead atoms. The molecule has 0 atom stereocenters. The summed E-state index contributed by atoms with van der Waals surface area (Å²) in [5.74, 6) is -0.609. The molecule has 1 aromatic carbocycles. The van der Waals surface area contributed by atoms with Crippen LogP contribution in [0.2, 0.25) is 0 Å². The molecule has 0 aliphatic rings. The average molecular weight is 273 g/mol. The lowest BCUT2D eigenvalue weighted by Crippen LogP contribution is -2.00. The van der Waals surface area contributed by atoms with E-state index < -0.39 is 5.82 Å². The minimum absolute atomic E-state index is 0.112. The maximum absolute atomic E-state index is 13.3. The summed E-state index contributed by atoms with van der Waals surface area (Å²) in [6.07, 6.45) is 0. The van der Waals surface area contributed by atoms with E-state index in [2.05, 4.69) is 22.5 Å². The number of hydrogen-bond acceptors (Lipinski definition) is 2. The van der Waals surface area contributed by atoms with E-state index in [1.54, 1.807) is 0 Å². The Bertz CT molecular complexity index is 402. The van der Waals surface area contributed by atoms with Crippen LogP contribution in [0, 0.1) is 5.82 Å². The van der Waals surface area contributed by atoms with Crippen LogP contribution in [-0.4, -0.2) is 12.4 Å². The van der Waals surface area contributed by atoms with Gasteiger partial charge in [0, 0.05) is 10.0 Å². The lowest BCUT2D eigenvalue weighted by Gasteiger charge is -2.06. The number of halogens is 2. The average Bonchev–Trinajstić information content (AvgIpc) is 2.15. The maximum atomic E-state index is 13.3. The first-order chi connectivity index (χ1) is 7.00. The zero-order valence-electron chi connectivity index (χ0n) is 8.22. The highest BCUT2D eigenvalue weighted by molar-refractivity contribution is 9.11. The highest BCUT2D eigenvalue weighted by atomic mass is 79.9. The molecule has 80 valence electrons. The topological polar surface area (TPSA) is 26.3 Å². The molecule has 1 aromatic rings. The monoisotopic (exact) mass is 272 g/mol. The summed E-state index contributed by atoms with van der Waals surface area (Å²) in [6, 6.07) is 4.12. The van der Waals surface area contributed by atoms with Crippen LogP contribution in [0.1, 0.15) is 17.3 Å². The summed E-state index contributed by atoms with van der Waals surface area (Å²) >= 11 is 3.10. The Kier molecular flexibility index (Phi) is 4.03. The van der Waals surface area contributed by atoms with E-state index in [0.717, 1.165) is 6.07 Å². The first-order valence-corrected chi connectivity index (χ1v) is 5.06. The second kappa shape index (κ2) is 5.07. The van der Waals surface area contributed by atoms with Crippen LogP contribution in [0.25, 0.3) is 0 Å². The minimum Gasteiger partial charge on any atom is -0.485 e. The van der Waals surface area contributed by atoms with Gasteiger partial charge in [0.1, 0.15) is 6.61 Å². The van der Waals surface area contributed by atoms with Crippen molar-refractivity contribution in [2.45, 2.75) is 6.92 Å². The molecule has 0 saturated heterocycles. The van der Waals surface area contributed by atoms with Gasteiger partial charge in [-0.2, -0.15) is 0 Å². The Balaban J connectivity index is 2.83. The number of benzene rings is 1. The number of Topliss-reactive ketones (excluding diaryl/α,β-unsaturated/α-hetero) is 1. The Hall–Kier alpha value is -1.16. The third-order valence-corrected chi connectivity index (χ3v) is 1.95. The quantitative estimate of drug-likeness (QED) is 0.786. The van der Waals surface area contributed by atoms with Crippen molar-refractivity contribution >= 4 is 21.7 Å². The van der Waals surface area contributed by atoms with Gasteiger partial charge < -0.3 is 4.74 Å². The van der Waals surface area contributed by atoms with E-state index in [9.17, 15) is 9.18 Å². The fourth-order valence-electron chi connectivity index (χ4n) is 0.993. The molecule has 0 fully saturated rings. The van der Waals surface area contributed by atoms with Gasteiger partial charge in [-0.3, -0.25) is 4.79 Å². The van der Waals surface area contributed by atoms with Crippen molar-refractivity contribution in [3.05, 3.63) is 40.6 Å². The lowest BCUT2D eigenvalue weighted by molar-refractivity contribution is 0.101. The van der Waals surface area contributed by atoms with Gasteiger partial charge in [0.15, 0.2) is 17.3 Å². The fourth-order valence-corrected chi connectivity index (χ4v) is 1.11. The SMILES string of the molecule is C=C(Br)COc1ccc(C(C)=O)cc1F. The third-order valence-electron chi connectivity index (χ3n) is 1.72. The summed E-state index contributed by atoms with van der Waals surface area (Å²) in [4.78, 5) is 10.9. The Morgan fingerprint density at radius 3 is 2.73 bits per heavy atom. The van der Waals surface area contributed by atoms with Crippen molar-refractivity contribution in [1.82, 2.24) is 0 Å². The van der Waals surface area contributed by atoms with Crippen LogP contribution in [0.5, 0.6) is 5.75 Å². The van der Waals surface area contributed by atoms with Crippen LogP contribution in [0.3, 0.4) is 0 Å². The molecular formula is C11H10BrFO2. The predicted molar refractivity (Wildman–Crippen MR) is 60.0 cm³/mol. The van der Waals surface area contributed by atoms with Crippen molar-refractivity contribution < 1.29 is 13.9 Å². The van der Waals surface area contributed by atoms with Gasteiger partial charge in [-0.25, -0.2) is 4.39 Å². The highest BCUT2D eigenvalue weighted by Gasteiger charge is 2.07. The smallest absolute Gasteiger partial charge is 0.165 e. The first kappa shape index (κ1) is 11.9. The molecule has 0 N–H and O–H groups in total. The fraction of sp³-hybridized carbons (Fsp3) is 0.182. The summed E-state index contributed by atoms with van der Waals surface area (Å²) < 4.78 is 19.1. The van der Waals surface area contributed by atoms with E-state index in [1.807, 2.05) is 0 Å². The molecule has 0 radical (unpaired) electrons. The molecule has 0 saturated carbocycles. The Morgan fingerprint density at radius 2 is 2.27 bits per heavy atom. The molecule has 0 spiro atoms. The molecule has 15 heavy (non-hydrogen) atoms. The van der Waals surface area contributed by atoms with E-state index in [-0.39, 0.29) is 18.1 Å². The van der Waals surface area contributed by atoms with Gasteiger partial charge in [0.05, 0.1) is 0 Å². The maximum Gasteiger partial charge on any atom is 0.165 e. The van der Waals surface area contributed by atoms with Crippen molar-refractivity contribution in [3.63, 3.8) is 0 Å². The number of carbonyl (C=O) groups excluding carboxylic acids is 1. The van der Waals surface area contributed by atoms with Gasteiger partial charge in [-0.05, 0) is 25.1 Å². The second-order valence-electron chi connectivity index (χ2n) is 3.01. The molecule has 4 heteroatoms. The molecule has 0 heterocycles. The van der Waals surface area contributed by atoms with Gasteiger partial charge in [0.25, 0.3) is 0 Å². The third kappa shape index (κ3) is 3.47. The van der Waals surface area contributed by atoms with Gasteiger partial charge in [0.2, 0.25) is 0 Å². The minimum atomic E-state index is -0.545. The van der Waals surface area contributed by atoms with Gasteiger partial charge >= 0.3 is 0 Å². The number of hydrogen-bond donors (Lipinski definition) is 0.